The van der Waals surface area contributed by atoms with Crippen molar-refractivity contribution in [1.82, 2.24) is 0 Å². The van der Waals surface area contributed by atoms with Crippen molar-refractivity contribution in [3.63, 3.8) is 0 Å². The average Bonchev–Trinajstić information content (AvgIpc) is 3.31. The molecule has 0 radical (unpaired) electrons. The highest BCUT2D eigenvalue weighted by Crippen LogP contribution is 2.39. The lowest BCUT2D eigenvalue weighted by atomic mass is 9.96. The first-order valence-corrected chi connectivity index (χ1v) is 10.7. The van der Waals surface area contributed by atoms with E-state index in [2.05, 4.69) is 0 Å². The molecule has 0 N–H and O–H groups in total. The molecule has 2 fully saturated rings. The van der Waals surface area contributed by atoms with Crippen LogP contribution < -0.4 is 0 Å². The number of esters is 1. The fraction of sp³-hybridized carbons (Fsp3) is 0.480. The zero-order valence-corrected chi connectivity index (χ0v) is 18.2. The zero-order chi connectivity index (χ0) is 21.8. The van der Waals surface area contributed by atoms with Gasteiger partial charge in [-0.3, -0.25) is 4.79 Å². The minimum Gasteiger partial charge on any atom is -0.454 e. The lowest BCUT2D eigenvalue weighted by Gasteiger charge is -2.33. The Morgan fingerprint density at radius 1 is 0.871 bits per heavy atom. The fourth-order valence-electron chi connectivity index (χ4n) is 3.69. The quantitative estimate of drug-likeness (QED) is 0.597. The van der Waals surface area contributed by atoms with Crippen molar-refractivity contribution in [1.29, 1.82) is 0 Å². The summed E-state index contributed by atoms with van der Waals surface area (Å²) >= 11 is 0. The van der Waals surface area contributed by atoms with Gasteiger partial charge in [0.1, 0.15) is 18.3 Å². The Morgan fingerprint density at radius 2 is 1.48 bits per heavy atom. The Balaban J connectivity index is 1.40. The number of hydrogen-bond acceptors (Lipinski definition) is 6. The molecule has 31 heavy (non-hydrogen) atoms. The first-order valence-electron chi connectivity index (χ1n) is 10.7. The van der Waals surface area contributed by atoms with Gasteiger partial charge in [-0.15, -0.1) is 0 Å². The van der Waals surface area contributed by atoms with Gasteiger partial charge in [0.2, 0.25) is 0 Å². The second-order valence-electron chi connectivity index (χ2n) is 9.03. The van der Waals surface area contributed by atoms with Crippen molar-refractivity contribution in [3.05, 3.63) is 71.8 Å². The molecule has 2 aromatic carbocycles. The highest BCUT2D eigenvalue weighted by atomic mass is 16.8. The number of ether oxygens (including phenoxy) is 5. The van der Waals surface area contributed by atoms with E-state index >= 15 is 0 Å². The maximum absolute atomic E-state index is 12.5. The molecule has 0 saturated carbocycles. The van der Waals surface area contributed by atoms with Gasteiger partial charge in [-0.25, -0.2) is 0 Å². The van der Waals surface area contributed by atoms with Crippen LogP contribution in [0.1, 0.15) is 31.9 Å². The maximum Gasteiger partial charge on any atom is 0.311 e. The van der Waals surface area contributed by atoms with Gasteiger partial charge in [-0.1, -0.05) is 60.7 Å². The molecule has 2 heterocycles. The van der Waals surface area contributed by atoms with Gasteiger partial charge >= 0.3 is 5.97 Å². The molecule has 0 spiro atoms. The van der Waals surface area contributed by atoms with Crippen LogP contribution in [0.5, 0.6) is 0 Å². The summed E-state index contributed by atoms with van der Waals surface area (Å²) in [7, 11) is 0. The zero-order valence-electron chi connectivity index (χ0n) is 18.2. The normalized spacial score (nSPS) is 27.4. The van der Waals surface area contributed by atoms with Gasteiger partial charge in [0.05, 0.1) is 25.2 Å². The number of fused-ring (bicyclic) bond motifs is 2. The fourth-order valence-corrected chi connectivity index (χ4v) is 3.69. The third kappa shape index (κ3) is 5.33. The molecule has 2 saturated heterocycles. The smallest absolute Gasteiger partial charge is 0.311 e. The molecular weight excluding hydrogens is 396 g/mol. The van der Waals surface area contributed by atoms with E-state index in [0.717, 1.165) is 11.1 Å². The number of carbonyl (C=O) groups is 1. The van der Waals surface area contributed by atoms with Gasteiger partial charge < -0.3 is 23.7 Å². The highest BCUT2D eigenvalue weighted by molar-refractivity contribution is 5.75. The molecule has 2 aromatic rings. The van der Waals surface area contributed by atoms with E-state index in [4.69, 9.17) is 23.7 Å². The molecule has 4 rings (SSSR count). The van der Waals surface area contributed by atoms with Gasteiger partial charge in [0, 0.05) is 0 Å². The number of benzene rings is 2. The van der Waals surface area contributed by atoms with Crippen molar-refractivity contribution in [2.75, 3.05) is 6.61 Å². The van der Waals surface area contributed by atoms with Crippen LogP contribution in [0.4, 0.5) is 0 Å². The molecule has 166 valence electrons. The summed E-state index contributed by atoms with van der Waals surface area (Å²) in [5.41, 5.74) is 1.52. The lowest BCUT2D eigenvalue weighted by Crippen LogP contribution is -2.51. The predicted octanol–water partition coefficient (Wildman–Crippen LogP) is 3.87. The molecule has 6 nitrogen and oxygen atoms in total. The van der Waals surface area contributed by atoms with Gasteiger partial charge in [0.25, 0.3) is 0 Å². The highest BCUT2D eigenvalue weighted by Gasteiger charge is 2.58. The molecule has 0 amide bonds. The third-order valence-corrected chi connectivity index (χ3v) is 5.42. The van der Waals surface area contributed by atoms with Crippen LogP contribution in [0.15, 0.2) is 60.7 Å². The van der Waals surface area contributed by atoms with E-state index in [1.54, 1.807) is 0 Å². The van der Waals surface area contributed by atoms with Crippen LogP contribution in [0.25, 0.3) is 0 Å². The van der Waals surface area contributed by atoms with E-state index in [-0.39, 0.29) is 18.2 Å². The van der Waals surface area contributed by atoms with Crippen molar-refractivity contribution >= 4 is 5.97 Å². The van der Waals surface area contributed by atoms with Crippen molar-refractivity contribution in [3.8, 4) is 0 Å². The van der Waals surface area contributed by atoms with Crippen LogP contribution >= 0.6 is 0 Å². The van der Waals surface area contributed by atoms with Gasteiger partial charge in [0.15, 0.2) is 12.4 Å². The van der Waals surface area contributed by atoms with Crippen LogP contribution in [0, 0.1) is 5.41 Å². The van der Waals surface area contributed by atoms with E-state index in [1.165, 1.54) is 0 Å². The average molecular weight is 427 g/mol. The molecule has 2 bridgehead atoms. The van der Waals surface area contributed by atoms with Crippen molar-refractivity contribution in [2.24, 2.45) is 5.41 Å². The molecule has 5 atom stereocenters. The van der Waals surface area contributed by atoms with Crippen LogP contribution in [-0.4, -0.2) is 43.3 Å². The number of rotatable bonds is 8. The topological polar surface area (TPSA) is 63.2 Å². The summed E-state index contributed by atoms with van der Waals surface area (Å²) in [6, 6.07) is 19.9. The van der Waals surface area contributed by atoms with Crippen LogP contribution in [0.3, 0.4) is 0 Å². The van der Waals surface area contributed by atoms with Crippen LogP contribution in [-0.2, 0) is 41.7 Å². The minimum absolute atomic E-state index is 0.279. The molecule has 2 aliphatic rings. The standard InChI is InChI=1S/C25H30O6/c1-25(2,3)24(26)31-22-21(28-15-18-12-8-5-9-13-18)20-19(29-23(22)30-20)16-27-14-17-10-6-4-7-11-17/h4-13,19-23H,14-16H2,1-3H3/t19-,20-,21+,22-,23+/m1/s1. The van der Waals surface area contributed by atoms with E-state index < -0.39 is 23.9 Å². The first-order chi connectivity index (χ1) is 14.9. The summed E-state index contributed by atoms with van der Waals surface area (Å²) in [5, 5.41) is 0. The summed E-state index contributed by atoms with van der Waals surface area (Å²) < 4.78 is 29.9. The summed E-state index contributed by atoms with van der Waals surface area (Å²) in [6.45, 7) is 6.75. The van der Waals surface area contributed by atoms with E-state index in [1.807, 2.05) is 81.4 Å². The predicted molar refractivity (Wildman–Crippen MR) is 114 cm³/mol. The maximum atomic E-state index is 12.5. The Kier molecular flexibility index (Phi) is 6.72. The summed E-state index contributed by atoms with van der Waals surface area (Å²) in [5.74, 6) is -0.303. The minimum atomic E-state index is -0.651. The van der Waals surface area contributed by atoms with E-state index in [9.17, 15) is 4.79 Å². The van der Waals surface area contributed by atoms with Gasteiger partial charge in [-0.2, -0.15) is 0 Å². The van der Waals surface area contributed by atoms with Crippen molar-refractivity contribution in [2.45, 2.75) is 64.7 Å². The molecule has 0 unspecified atom stereocenters. The Hall–Kier alpha value is -2.25. The largest absolute Gasteiger partial charge is 0.454 e. The molecule has 0 aliphatic carbocycles. The molecular formula is C25H30O6. The third-order valence-electron chi connectivity index (χ3n) is 5.42. The molecule has 0 aromatic heterocycles. The monoisotopic (exact) mass is 426 g/mol. The second-order valence-corrected chi connectivity index (χ2v) is 9.03. The van der Waals surface area contributed by atoms with Gasteiger partial charge in [-0.05, 0) is 31.9 Å². The Morgan fingerprint density at radius 3 is 2.10 bits per heavy atom. The number of hydrogen-bond donors (Lipinski definition) is 0. The Labute approximate surface area is 183 Å². The molecule has 6 heteroatoms. The number of carbonyl (C=O) groups excluding carboxylic acids is 1. The van der Waals surface area contributed by atoms with Crippen molar-refractivity contribution < 1.29 is 28.5 Å². The second kappa shape index (κ2) is 9.49. The summed E-state index contributed by atoms with van der Waals surface area (Å²) in [6.07, 6.45) is -2.31. The molecule has 2 aliphatic heterocycles. The van der Waals surface area contributed by atoms with E-state index in [0.29, 0.717) is 19.8 Å². The Bertz CT molecular complexity index is 845. The SMILES string of the molecule is CC(C)(C)C(=O)O[C@H]1[C@@H]2O[C@@H]([C@@H]1OCc1ccccc1)[C@@H](COCc1ccccc1)O2. The summed E-state index contributed by atoms with van der Waals surface area (Å²) in [4.78, 5) is 12.5. The van der Waals surface area contributed by atoms with Crippen LogP contribution in [0.2, 0.25) is 0 Å². The lowest BCUT2D eigenvalue weighted by molar-refractivity contribution is -0.197. The first kappa shape index (κ1) is 22.0.